The summed E-state index contributed by atoms with van der Waals surface area (Å²) >= 11 is 0. The first-order chi connectivity index (χ1) is 10.9. The third kappa shape index (κ3) is 2.59. The molecule has 0 saturated heterocycles. The van der Waals surface area contributed by atoms with Crippen LogP contribution in [0.15, 0.2) is 48.5 Å². The van der Waals surface area contributed by atoms with E-state index in [1.54, 1.807) is 11.0 Å². The Morgan fingerprint density at radius 3 is 2.52 bits per heavy atom. The van der Waals surface area contributed by atoms with Crippen LogP contribution < -0.4 is 4.90 Å². The summed E-state index contributed by atoms with van der Waals surface area (Å²) in [4.78, 5) is 25.3. The van der Waals surface area contributed by atoms with Crippen LogP contribution in [0.25, 0.3) is 0 Å². The van der Waals surface area contributed by atoms with Gasteiger partial charge in [0.05, 0.1) is 16.0 Å². The smallest absolute Gasteiger partial charge is 0.271 e. The molecule has 0 unspecified atom stereocenters. The monoisotopic (exact) mass is 310 g/mol. The predicted octanol–water partition coefficient (Wildman–Crippen LogP) is 3.46. The largest absolute Gasteiger partial charge is 0.311 e. The van der Waals surface area contributed by atoms with Crippen molar-refractivity contribution in [2.24, 2.45) is 0 Å². The summed E-state index contributed by atoms with van der Waals surface area (Å²) in [5.74, 6) is -0.0389. The molecule has 0 atom stereocenters. The minimum atomic E-state index is -0.687. The van der Waals surface area contributed by atoms with Gasteiger partial charge in [-0.3, -0.25) is 14.9 Å². The summed E-state index contributed by atoms with van der Waals surface area (Å²) in [6.07, 6.45) is 0.726. The van der Waals surface area contributed by atoms with Gasteiger partial charge in [0.1, 0.15) is 0 Å². The molecule has 0 spiro atoms. The topological polar surface area (TPSA) is 63.5 Å². The van der Waals surface area contributed by atoms with Gasteiger partial charge in [0, 0.05) is 18.7 Å². The predicted molar refractivity (Wildman–Crippen MR) is 88.6 cm³/mol. The molecule has 1 aliphatic heterocycles. The Bertz CT molecular complexity index is 769. The Morgan fingerprint density at radius 1 is 1.17 bits per heavy atom. The van der Waals surface area contributed by atoms with Gasteiger partial charge < -0.3 is 4.90 Å². The second kappa shape index (κ2) is 5.50. The summed E-state index contributed by atoms with van der Waals surface area (Å²) < 4.78 is 0. The Kier molecular flexibility index (Phi) is 3.64. The van der Waals surface area contributed by atoms with Crippen LogP contribution in [0.3, 0.4) is 0 Å². The first-order valence-electron chi connectivity index (χ1n) is 7.56. The summed E-state index contributed by atoms with van der Waals surface area (Å²) in [5.41, 5.74) is 1.90. The van der Waals surface area contributed by atoms with Crippen molar-refractivity contribution in [3.63, 3.8) is 0 Å². The van der Waals surface area contributed by atoms with Crippen molar-refractivity contribution < 1.29 is 9.72 Å². The van der Waals surface area contributed by atoms with Crippen molar-refractivity contribution in [3.05, 3.63) is 69.8 Å². The van der Waals surface area contributed by atoms with Gasteiger partial charge in [0.2, 0.25) is 5.91 Å². The van der Waals surface area contributed by atoms with Crippen LogP contribution in [-0.2, 0) is 16.6 Å². The van der Waals surface area contributed by atoms with Crippen molar-refractivity contribution in [2.45, 2.75) is 25.7 Å². The number of benzene rings is 2. The standard InChI is InChI=1S/C18H18N2O3/c1-18(2,14-6-4-3-5-7-14)17(21)19-11-10-13-8-9-15(20(22)23)12-16(13)19/h3-9,12H,10-11H2,1-2H3. The quantitative estimate of drug-likeness (QED) is 0.644. The minimum absolute atomic E-state index is 0.0148. The van der Waals surface area contributed by atoms with E-state index < -0.39 is 10.3 Å². The number of hydrogen-bond acceptors (Lipinski definition) is 3. The zero-order valence-electron chi connectivity index (χ0n) is 13.2. The third-order valence-electron chi connectivity index (χ3n) is 4.45. The average molecular weight is 310 g/mol. The van der Waals surface area contributed by atoms with Crippen molar-refractivity contribution in [2.75, 3.05) is 11.4 Å². The number of anilines is 1. The minimum Gasteiger partial charge on any atom is -0.311 e. The molecule has 1 amide bonds. The Hall–Kier alpha value is -2.69. The first kappa shape index (κ1) is 15.2. The molecule has 5 nitrogen and oxygen atoms in total. The summed E-state index contributed by atoms with van der Waals surface area (Å²) in [6.45, 7) is 4.34. The molecule has 0 radical (unpaired) electrons. The molecular formula is C18H18N2O3. The van der Waals surface area contributed by atoms with Crippen LogP contribution in [0.4, 0.5) is 11.4 Å². The summed E-state index contributed by atoms with van der Waals surface area (Å²) in [7, 11) is 0. The number of nitro benzene ring substituents is 1. The fourth-order valence-electron chi connectivity index (χ4n) is 3.01. The number of hydrogen-bond donors (Lipinski definition) is 0. The molecule has 0 saturated carbocycles. The third-order valence-corrected chi connectivity index (χ3v) is 4.45. The SMILES string of the molecule is CC(C)(C(=O)N1CCc2ccc([N+](=O)[O-])cc21)c1ccccc1. The highest BCUT2D eigenvalue weighted by atomic mass is 16.6. The van der Waals surface area contributed by atoms with Crippen LogP contribution in [0.1, 0.15) is 25.0 Å². The van der Waals surface area contributed by atoms with E-state index >= 15 is 0 Å². The Balaban J connectivity index is 1.97. The van der Waals surface area contributed by atoms with E-state index in [-0.39, 0.29) is 11.6 Å². The van der Waals surface area contributed by atoms with Crippen LogP contribution in [0.5, 0.6) is 0 Å². The molecule has 1 heterocycles. The molecule has 1 aliphatic rings. The number of nitro groups is 1. The van der Waals surface area contributed by atoms with Gasteiger partial charge in [-0.05, 0) is 31.4 Å². The highest BCUT2D eigenvalue weighted by molar-refractivity contribution is 6.02. The molecule has 3 rings (SSSR count). The maximum absolute atomic E-state index is 13.1. The number of rotatable bonds is 3. The van der Waals surface area contributed by atoms with Crippen LogP contribution in [-0.4, -0.2) is 17.4 Å². The van der Waals surface area contributed by atoms with E-state index in [0.717, 1.165) is 17.5 Å². The van der Waals surface area contributed by atoms with E-state index in [0.29, 0.717) is 12.2 Å². The highest BCUT2D eigenvalue weighted by Crippen LogP contribution is 2.35. The van der Waals surface area contributed by atoms with E-state index in [1.165, 1.54) is 12.1 Å². The Labute approximate surface area is 134 Å². The van der Waals surface area contributed by atoms with Gasteiger partial charge in [-0.2, -0.15) is 0 Å². The van der Waals surface area contributed by atoms with Crippen LogP contribution >= 0.6 is 0 Å². The first-order valence-corrected chi connectivity index (χ1v) is 7.56. The molecule has 118 valence electrons. The molecule has 0 aliphatic carbocycles. The van der Waals surface area contributed by atoms with Gasteiger partial charge >= 0.3 is 0 Å². The van der Waals surface area contributed by atoms with Gasteiger partial charge in [-0.25, -0.2) is 0 Å². The molecule has 2 aromatic rings. The van der Waals surface area contributed by atoms with Crippen LogP contribution in [0.2, 0.25) is 0 Å². The van der Waals surface area contributed by atoms with Gasteiger partial charge in [-0.1, -0.05) is 36.4 Å². The molecule has 0 bridgehead atoms. The van der Waals surface area contributed by atoms with E-state index in [4.69, 9.17) is 0 Å². The highest BCUT2D eigenvalue weighted by Gasteiger charge is 2.37. The lowest BCUT2D eigenvalue weighted by Gasteiger charge is -2.30. The Morgan fingerprint density at radius 2 is 1.87 bits per heavy atom. The van der Waals surface area contributed by atoms with Crippen molar-refractivity contribution >= 4 is 17.3 Å². The van der Waals surface area contributed by atoms with E-state index in [1.807, 2.05) is 44.2 Å². The lowest BCUT2D eigenvalue weighted by atomic mass is 9.83. The normalized spacial score (nSPS) is 13.7. The summed E-state index contributed by atoms with van der Waals surface area (Å²) in [6, 6.07) is 14.3. The van der Waals surface area contributed by atoms with Gasteiger partial charge in [-0.15, -0.1) is 0 Å². The van der Waals surface area contributed by atoms with Crippen molar-refractivity contribution in [1.29, 1.82) is 0 Å². The van der Waals surface area contributed by atoms with E-state index in [9.17, 15) is 14.9 Å². The lowest BCUT2D eigenvalue weighted by Crippen LogP contribution is -2.42. The fourth-order valence-corrected chi connectivity index (χ4v) is 3.01. The number of amides is 1. The molecule has 0 fully saturated rings. The maximum Gasteiger partial charge on any atom is 0.271 e. The number of nitrogens with zero attached hydrogens (tertiary/aromatic N) is 2. The maximum atomic E-state index is 13.1. The molecule has 5 heteroatoms. The molecule has 0 N–H and O–H groups in total. The number of carbonyl (C=O) groups excluding carboxylic acids is 1. The second-order valence-electron chi connectivity index (χ2n) is 6.27. The number of carbonyl (C=O) groups is 1. The molecule has 2 aromatic carbocycles. The van der Waals surface area contributed by atoms with Gasteiger partial charge in [0.25, 0.3) is 5.69 Å². The van der Waals surface area contributed by atoms with Crippen molar-refractivity contribution in [3.8, 4) is 0 Å². The molecule has 0 aromatic heterocycles. The molecule has 23 heavy (non-hydrogen) atoms. The molecular weight excluding hydrogens is 292 g/mol. The van der Waals surface area contributed by atoms with Crippen molar-refractivity contribution in [1.82, 2.24) is 0 Å². The van der Waals surface area contributed by atoms with Crippen LogP contribution in [0, 0.1) is 10.1 Å². The lowest BCUT2D eigenvalue weighted by molar-refractivity contribution is -0.384. The number of non-ortho nitro benzene ring substituents is 1. The second-order valence-corrected chi connectivity index (χ2v) is 6.27. The zero-order valence-corrected chi connectivity index (χ0v) is 13.2. The van der Waals surface area contributed by atoms with E-state index in [2.05, 4.69) is 0 Å². The number of fused-ring (bicyclic) bond motifs is 1. The zero-order chi connectivity index (χ0) is 16.6. The van der Waals surface area contributed by atoms with Gasteiger partial charge in [0.15, 0.2) is 0 Å². The fraction of sp³-hybridized carbons (Fsp3) is 0.278. The summed E-state index contributed by atoms with van der Waals surface area (Å²) in [5, 5.41) is 11.0. The average Bonchev–Trinajstić information content (AvgIpc) is 2.97.